The molecule has 1 unspecified atom stereocenters. The lowest BCUT2D eigenvalue weighted by atomic mass is 9.91. The molecule has 0 saturated carbocycles. The zero-order chi connectivity index (χ0) is 19.1. The quantitative estimate of drug-likeness (QED) is 0.741. The molecule has 2 amide bonds. The van der Waals surface area contributed by atoms with Crippen LogP contribution in [0.15, 0.2) is 24.3 Å². The third-order valence-electron chi connectivity index (χ3n) is 4.86. The number of hydrogen-bond donors (Lipinski definition) is 2. The minimum absolute atomic E-state index is 0. The largest absolute Gasteiger partial charge is 0.483 e. The maximum Gasteiger partial charge on any atom is 0.259 e. The summed E-state index contributed by atoms with van der Waals surface area (Å²) in [6, 6.07) is 7.85. The van der Waals surface area contributed by atoms with Crippen molar-refractivity contribution in [3.63, 3.8) is 0 Å². The van der Waals surface area contributed by atoms with Gasteiger partial charge in [-0.2, -0.15) is 0 Å². The van der Waals surface area contributed by atoms with Gasteiger partial charge >= 0.3 is 0 Å². The highest BCUT2D eigenvalue weighted by atomic mass is 35.5. The molecule has 1 heterocycles. The van der Waals surface area contributed by atoms with E-state index >= 15 is 0 Å². The van der Waals surface area contributed by atoms with Crippen LogP contribution in [0.5, 0.6) is 5.75 Å². The number of halogens is 1. The lowest BCUT2D eigenvalue weighted by molar-refractivity contribution is -0.131. The average molecular weight is 398 g/mol. The molecule has 2 rings (SSSR count). The highest BCUT2D eigenvalue weighted by Crippen LogP contribution is 2.28. The van der Waals surface area contributed by atoms with Gasteiger partial charge in [0.05, 0.1) is 6.04 Å². The van der Waals surface area contributed by atoms with Crippen LogP contribution in [0.1, 0.15) is 44.7 Å². The van der Waals surface area contributed by atoms with Gasteiger partial charge in [0.2, 0.25) is 5.91 Å². The Bertz CT molecular complexity index is 624. The Morgan fingerprint density at radius 2 is 2.04 bits per heavy atom. The Morgan fingerprint density at radius 1 is 1.33 bits per heavy atom. The zero-order valence-corrected chi connectivity index (χ0v) is 17.5. The Balaban J connectivity index is 0.00000364. The van der Waals surface area contributed by atoms with Crippen LogP contribution < -0.4 is 15.4 Å². The predicted molar refractivity (Wildman–Crippen MR) is 109 cm³/mol. The summed E-state index contributed by atoms with van der Waals surface area (Å²) in [5.41, 5.74) is 0.914. The summed E-state index contributed by atoms with van der Waals surface area (Å²) < 4.78 is 5.73. The molecule has 0 radical (unpaired) electrons. The molecule has 0 bridgehead atoms. The van der Waals surface area contributed by atoms with Gasteiger partial charge in [-0.1, -0.05) is 25.1 Å². The molecule has 6 nitrogen and oxygen atoms in total. The number of hydrogen-bond acceptors (Lipinski definition) is 4. The average Bonchev–Trinajstić information content (AvgIpc) is 2.64. The maximum absolute atomic E-state index is 12.7. The van der Waals surface area contributed by atoms with Crippen LogP contribution in [0.3, 0.4) is 0 Å². The molecule has 3 atom stereocenters. The number of ether oxygens (including phenoxy) is 1. The number of likely N-dealkylation sites (N-methyl/N-ethyl adjacent to an activating group) is 1. The van der Waals surface area contributed by atoms with Crippen LogP contribution in [0.4, 0.5) is 0 Å². The summed E-state index contributed by atoms with van der Waals surface area (Å²) in [4.78, 5) is 26.0. The fourth-order valence-corrected chi connectivity index (χ4v) is 3.23. The molecule has 2 N–H and O–H groups in total. The van der Waals surface area contributed by atoms with Crippen LogP contribution in [0, 0.1) is 5.92 Å². The monoisotopic (exact) mass is 397 g/mol. The van der Waals surface area contributed by atoms with Crippen molar-refractivity contribution in [1.29, 1.82) is 0 Å². The Kier molecular flexibility index (Phi) is 9.60. The van der Waals surface area contributed by atoms with Gasteiger partial charge in [0.25, 0.3) is 5.91 Å². The third-order valence-corrected chi connectivity index (χ3v) is 4.86. The summed E-state index contributed by atoms with van der Waals surface area (Å²) >= 11 is 0. The van der Waals surface area contributed by atoms with E-state index in [0.717, 1.165) is 31.4 Å². The number of nitrogens with zero attached hydrogens (tertiary/aromatic N) is 1. The zero-order valence-electron chi connectivity index (χ0n) is 16.7. The molecule has 7 heteroatoms. The van der Waals surface area contributed by atoms with Gasteiger partial charge in [0.1, 0.15) is 5.75 Å². The van der Waals surface area contributed by atoms with Crippen LogP contribution in [-0.2, 0) is 9.59 Å². The van der Waals surface area contributed by atoms with Crippen LogP contribution >= 0.6 is 12.4 Å². The van der Waals surface area contributed by atoms with E-state index in [1.165, 1.54) is 4.90 Å². The standard InChI is InChI=1S/C20H31N3O3.ClH/c1-5-17(22-20(25)15-10-11-21-14(2)12-15)16-8-6-7-9-18(16)26-13-19(24)23(3)4;/h6-9,14-15,17,21H,5,10-13H2,1-4H3,(H,22,25);1H/t14-,15-,17?;/m0./s1. The number of amides is 2. The fourth-order valence-electron chi connectivity index (χ4n) is 3.23. The Labute approximate surface area is 168 Å². The topological polar surface area (TPSA) is 70.7 Å². The van der Waals surface area contributed by atoms with Gasteiger partial charge in [0, 0.05) is 31.6 Å². The van der Waals surface area contributed by atoms with Crippen molar-refractivity contribution >= 4 is 24.2 Å². The van der Waals surface area contributed by atoms with E-state index in [2.05, 4.69) is 17.6 Å². The molecule has 0 spiro atoms. The first-order valence-electron chi connectivity index (χ1n) is 9.38. The van der Waals surface area contributed by atoms with Crippen molar-refractivity contribution in [3.05, 3.63) is 29.8 Å². The molecule has 27 heavy (non-hydrogen) atoms. The number of para-hydroxylation sites is 1. The number of nitrogens with one attached hydrogen (secondary N) is 2. The van der Waals surface area contributed by atoms with E-state index in [1.807, 2.05) is 31.2 Å². The van der Waals surface area contributed by atoms with Crippen molar-refractivity contribution in [3.8, 4) is 5.75 Å². The molecular formula is C20H32ClN3O3. The molecular weight excluding hydrogens is 366 g/mol. The Hall–Kier alpha value is -1.79. The molecule has 1 aliphatic heterocycles. The fraction of sp³-hybridized carbons (Fsp3) is 0.600. The summed E-state index contributed by atoms with van der Waals surface area (Å²) in [5, 5.41) is 6.56. The van der Waals surface area contributed by atoms with Crippen molar-refractivity contribution in [2.24, 2.45) is 5.92 Å². The minimum Gasteiger partial charge on any atom is -0.483 e. The smallest absolute Gasteiger partial charge is 0.259 e. The number of rotatable bonds is 7. The van der Waals surface area contributed by atoms with Crippen LogP contribution in [0.2, 0.25) is 0 Å². The second kappa shape index (κ2) is 11.1. The summed E-state index contributed by atoms with van der Waals surface area (Å²) in [5.74, 6) is 0.696. The van der Waals surface area contributed by atoms with E-state index in [9.17, 15) is 9.59 Å². The van der Waals surface area contributed by atoms with E-state index in [0.29, 0.717) is 11.8 Å². The van der Waals surface area contributed by atoms with Gasteiger partial charge in [-0.15, -0.1) is 12.4 Å². The van der Waals surface area contributed by atoms with Gasteiger partial charge in [-0.3, -0.25) is 9.59 Å². The summed E-state index contributed by atoms with van der Waals surface area (Å²) in [6.45, 7) is 5.02. The second-order valence-electron chi connectivity index (χ2n) is 7.16. The molecule has 0 aromatic heterocycles. The Morgan fingerprint density at radius 3 is 2.67 bits per heavy atom. The van der Waals surface area contributed by atoms with E-state index in [4.69, 9.17) is 4.74 Å². The SMILES string of the molecule is CCC(NC(=O)[C@H]1CCN[C@@H](C)C1)c1ccccc1OCC(=O)N(C)C.Cl. The predicted octanol–water partition coefficient (Wildman–Crippen LogP) is 2.53. The summed E-state index contributed by atoms with van der Waals surface area (Å²) in [7, 11) is 3.40. The first-order valence-corrected chi connectivity index (χ1v) is 9.38. The van der Waals surface area contributed by atoms with E-state index in [1.54, 1.807) is 14.1 Å². The molecule has 1 aromatic rings. The highest BCUT2D eigenvalue weighted by molar-refractivity contribution is 5.85. The second-order valence-corrected chi connectivity index (χ2v) is 7.16. The maximum atomic E-state index is 12.7. The lowest BCUT2D eigenvalue weighted by Crippen LogP contribution is -2.43. The minimum atomic E-state index is -0.127. The van der Waals surface area contributed by atoms with Crippen LogP contribution in [0.25, 0.3) is 0 Å². The molecule has 1 fully saturated rings. The first kappa shape index (κ1) is 23.2. The number of carbonyl (C=O) groups excluding carboxylic acids is 2. The van der Waals surface area contributed by atoms with Gasteiger partial charge in [0.15, 0.2) is 6.61 Å². The summed E-state index contributed by atoms with van der Waals surface area (Å²) in [6.07, 6.45) is 2.48. The molecule has 0 aliphatic carbocycles. The normalized spacial score (nSPS) is 20.1. The molecule has 1 aromatic carbocycles. The van der Waals surface area contributed by atoms with Crippen molar-refractivity contribution < 1.29 is 14.3 Å². The molecule has 152 valence electrons. The number of piperidine rings is 1. The third kappa shape index (κ3) is 6.70. The van der Waals surface area contributed by atoms with Gasteiger partial charge in [-0.25, -0.2) is 0 Å². The number of benzene rings is 1. The lowest BCUT2D eigenvalue weighted by Gasteiger charge is -2.29. The van der Waals surface area contributed by atoms with Crippen molar-refractivity contribution in [2.75, 3.05) is 27.2 Å². The van der Waals surface area contributed by atoms with Crippen LogP contribution in [-0.4, -0.2) is 50.0 Å². The van der Waals surface area contributed by atoms with Crippen molar-refractivity contribution in [2.45, 2.75) is 45.2 Å². The molecule has 1 aliphatic rings. The molecule has 1 saturated heterocycles. The number of carbonyl (C=O) groups is 2. The highest BCUT2D eigenvalue weighted by Gasteiger charge is 2.27. The van der Waals surface area contributed by atoms with Crippen molar-refractivity contribution in [1.82, 2.24) is 15.5 Å². The van der Waals surface area contributed by atoms with Gasteiger partial charge in [-0.05, 0) is 38.8 Å². The first-order chi connectivity index (χ1) is 12.4. The van der Waals surface area contributed by atoms with Gasteiger partial charge < -0.3 is 20.3 Å². The van der Waals surface area contributed by atoms with E-state index < -0.39 is 0 Å². The van der Waals surface area contributed by atoms with E-state index in [-0.39, 0.29) is 42.8 Å².